The Morgan fingerprint density at radius 3 is 2.35 bits per heavy atom. The van der Waals surface area contributed by atoms with Crippen molar-refractivity contribution < 1.29 is 4.74 Å². The van der Waals surface area contributed by atoms with Crippen LogP contribution >= 0.6 is 23.2 Å². The Labute approximate surface area is 129 Å². The van der Waals surface area contributed by atoms with Gasteiger partial charge < -0.3 is 4.74 Å². The number of ether oxygens (including phenoxy) is 1. The lowest BCUT2D eigenvalue weighted by molar-refractivity contribution is 0.403. The lowest BCUT2D eigenvalue weighted by Gasteiger charge is -2.20. The molecule has 0 N–H and O–H groups in total. The van der Waals surface area contributed by atoms with Crippen LogP contribution in [0.3, 0.4) is 0 Å². The number of rotatable bonds is 3. The van der Waals surface area contributed by atoms with Gasteiger partial charge in [0.25, 0.3) is 0 Å². The van der Waals surface area contributed by atoms with Crippen molar-refractivity contribution in [1.82, 2.24) is 0 Å². The Hall–Kier alpha value is -1.18. The number of methoxy groups -OCH3 is 1. The second-order valence-electron chi connectivity index (χ2n) is 5.23. The van der Waals surface area contributed by atoms with Crippen molar-refractivity contribution in [3.8, 4) is 5.75 Å². The number of hydrogen-bond acceptors (Lipinski definition) is 1. The van der Waals surface area contributed by atoms with Crippen LogP contribution in [-0.4, -0.2) is 7.11 Å². The minimum atomic E-state index is -0.0870. The molecule has 1 atom stereocenters. The molecule has 1 unspecified atom stereocenters. The maximum atomic E-state index is 6.72. The highest BCUT2D eigenvalue weighted by atomic mass is 35.5. The molecule has 0 fully saturated rings. The zero-order valence-electron chi connectivity index (χ0n) is 11.3. The summed E-state index contributed by atoms with van der Waals surface area (Å²) in [5.41, 5.74) is 3.80. The van der Waals surface area contributed by atoms with Crippen LogP contribution in [0.2, 0.25) is 5.02 Å². The minimum Gasteiger partial charge on any atom is -0.496 e. The van der Waals surface area contributed by atoms with E-state index >= 15 is 0 Å². The van der Waals surface area contributed by atoms with E-state index in [0.717, 1.165) is 24.2 Å². The molecule has 0 saturated heterocycles. The highest BCUT2D eigenvalue weighted by Gasteiger charge is 2.30. The summed E-state index contributed by atoms with van der Waals surface area (Å²) in [7, 11) is 1.67. The van der Waals surface area contributed by atoms with Crippen LogP contribution in [-0.2, 0) is 12.8 Å². The van der Waals surface area contributed by atoms with Gasteiger partial charge >= 0.3 is 0 Å². The molecule has 0 bridgehead atoms. The van der Waals surface area contributed by atoms with Crippen LogP contribution in [0.4, 0.5) is 0 Å². The third-order valence-electron chi connectivity index (χ3n) is 3.99. The first-order valence-electron chi connectivity index (χ1n) is 6.73. The summed E-state index contributed by atoms with van der Waals surface area (Å²) in [5.74, 6) is 1.20. The van der Waals surface area contributed by atoms with Gasteiger partial charge in [-0.05, 0) is 48.1 Å². The molecule has 104 valence electrons. The molecule has 0 spiro atoms. The number of fused-ring (bicyclic) bond motifs is 1. The fourth-order valence-electron chi connectivity index (χ4n) is 2.97. The standard InChI is InChI=1S/C17H16Cl2O/c1-20-16-7-6-14(18)10-15(16)17(19)13-8-11-4-2-3-5-12(11)9-13/h2-7,10,13,17H,8-9H2,1H3. The van der Waals surface area contributed by atoms with Gasteiger partial charge in [-0.3, -0.25) is 0 Å². The van der Waals surface area contributed by atoms with Crippen molar-refractivity contribution in [3.63, 3.8) is 0 Å². The molecule has 2 aromatic carbocycles. The van der Waals surface area contributed by atoms with Crippen LogP contribution in [0.25, 0.3) is 0 Å². The van der Waals surface area contributed by atoms with E-state index < -0.39 is 0 Å². The van der Waals surface area contributed by atoms with E-state index in [1.165, 1.54) is 11.1 Å². The van der Waals surface area contributed by atoms with Crippen LogP contribution in [0.5, 0.6) is 5.75 Å². The zero-order valence-corrected chi connectivity index (χ0v) is 12.8. The van der Waals surface area contributed by atoms with Crippen molar-refractivity contribution in [1.29, 1.82) is 0 Å². The Kier molecular flexibility index (Phi) is 3.91. The summed E-state index contributed by atoms with van der Waals surface area (Å²) < 4.78 is 5.42. The quantitative estimate of drug-likeness (QED) is 0.722. The lowest BCUT2D eigenvalue weighted by Crippen LogP contribution is -2.09. The minimum absolute atomic E-state index is 0.0870. The van der Waals surface area contributed by atoms with Crippen molar-refractivity contribution in [3.05, 3.63) is 64.2 Å². The molecule has 3 rings (SSSR count). The van der Waals surface area contributed by atoms with Gasteiger partial charge in [-0.1, -0.05) is 35.9 Å². The maximum absolute atomic E-state index is 6.72. The van der Waals surface area contributed by atoms with Gasteiger partial charge in [-0.15, -0.1) is 11.6 Å². The molecule has 1 aliphatic rings. The first-order chi connectivity index (χ1) is 9.69. The normalized spacial score (nSPS) is 15.9. The first kappa shape index (κ1) is 13.8. The molecule has 20 heavy (non-hydrogen) atoms. The van der Waals surface area contributed by atoms with Gasteiger partial charge in [0, 0.05) is 10.6 Å². The average molecular weight is 307 g/mol. The molecule has 2 aromatic rings. The summed E-state index contributed by atoms with van der Waals surface area (Å²) in [6, 6.07) is 14.2. The van der Waals surface area contributed by atoms with Crippen LogP contribution in [0.15, 0.2) is 42.5 Å². The van der Waals surface area contributed by atoms with Gasteiger partial charge in [0.15, 0.2) is 0 Å². The van der Waals surface area contributed by atoms with E-state index in [1.807, 2.05) is 18.2 Å². The Balaban J connectivity index is 1.88. The molecule has 0 heterocycles. The predicted molar refractivity (Wildman–Crippen MR) is 83.9 cm³/mol. The SMILES string of the molecule is COc1ccc(Cl)cc1C(Cl)C1Cc2ccccc2C1. The van der Waals surface area contributed by atoms with Crippen molar-refractivity contribution in [2.75, 3.05) is 7.11 Å². The maximum Gasteiger partial charge on any atom is 0.123 e. The molecule has 0 aliphatic heterocycles. The second kappa shape index (κ2) is 5.67. The molecule has 0 radical (unpaired) electrons. The molecule has 0 aromatic heterocycles. The van der Waals surface area contributed by atoms with E-state index in [4.69, 9.17) is 27.9 Å². The van der Waals surface area contributed by atoms with Crippen LogP contribution in [0, 0.1) is 5.92 Å². The van der Waals surface area contributed by atoms with E-state index in [2.05, 4.69) is 24.3 Å². The number of benzene rings is 2. The molecular weight excluding hydrogens is 291 g/mol. The summed E-state index contributed by atoms with van der Waals surface area (Å²) in [6.45, 7) is 0. The van der Waals surface area contributed by atoms with E-state index in [0.29, 0.717) is 10.9 Å². The third-order valence-corrected chi connectivity index (χ3v) is 4.81. The van der Waals surface area contributed by atoms with Gasteiger partial charge in [0.1, 0.15) is 5.75 Å². The van der Waals surface area contributed by atoms with Crippen molar-refractivity contribution in [2.45, 2.75) is 18.2 Å². The third kappa shape index (κ3) is 2.53. The molecule has 0 amide bonds. The predicted octanol–water partition coefficient (Wildman–Crippen LogP) is 5.04. The zero-order chi connectivity index (χ0) is 14.1. The summed E-state index contributed by atoms with van der Waals surface area (Å²) in [4.78, 5) is 0. The largest absolute Gasteiger partial charge is 0.496 e. The van der Waals surface area contributed by atoms with E-state index in [1.54, 1.807) is 7.11 Å². The number of hydrogen-bond donors (Lipinski definition) is 0. The number of alkyl halides is 1. The topological polar surface area (TPSA) is 9.23 Å². The van der Waals surface area contributed by atoms with Crippen LogP contribution in [0.1, 0.15) is 22.1 Å². The Morgan fingerprint density at radius 1 is 1.10 bits per heavy atom. The smallest absolute Gasteiger partial charge is 0.123 e. The van der Waals surface area contributed by atoms with Gasteiger partial charge in [-0.2, -0.15) is 0 Å². The Bertz CT molecular complexity index is 599. The number of halogens is 2. The molecule has 1 nitrogen and oxygen atoms in total. The van der Waals surface area contributed by atoms with Crippen LogP contribution < -0.4 is 4.74 Å². The summed E-state index contributed by atoms with van der Waals surface area (Å²) in [5, 5.41) is 0.609. The average Bonchev–Trinajstić information content (AvgIpc) is 2.90. The van der Waals surface area contributed by atoms with Crippen molar-refractivity contribution >= 4 is 23.2 Å². The highest BCUT2D eigenvalue weighted by Crippen LogP contribution is 2.42. The molecule has 3 heteroatoms. The second-order valence-corrected chi connectivity index (χ2v) is 6.13. The van der Waals surface area contributed by atoms with E-state index in [-0.39, 0.29) is 5.38 Å². The lowest BCUT2D eigenvalue weighted by atomic mass is 9.95. The van der Waals surface area contributed by atoms with Gasteiger partial charge in [0.05, 0.1) is 12.5 Å². The highest BCUT2D eigenvalue weighted by molar-refractivity contribution is 6.31. The Morgan fingerprint density at radius 2 is 1.75 bits per heavy atom. The fourth-order valence-corrected chi connectivity index (χ4v) is 3.50. The fraction of sp³-hybridized carbons (Fsp3) is 0.294. The molecule has 0 saturated carbocycles. The van der Waals surface area contributed by atoms with Gasteiger partial charge in [0.2, 0.25) is 0 Å². The summed E-state index contributed by atoms with van der Waals surface area (Å²) >= 11 is 12.8. The first-order valence-corrected chi connectivity index (χ1v) is 7.54. The van der Waals surface area contributed by atoms with Gasteiger partial charge in [-0.25, -0.2) is 0 Å². The molecule has 1 aliphatic carbocycles. The molecular formula is C17H16Cl2O. The van der Waals surface area contributed by atoms with E-state index in [9.17, 15) is 0 Å². The monoisotopic (exact) mass is 306 g/mol. The summed E-state index contributed by atoms with van der Waals surface area (Å²) in [6.07, 6.45) is 2.03. The van der Waals surface area contributed by atoms with Crippen molar-refractivity contribution in [2.24, 2.45) is 5.92 Å².